The summed E-state index contributed by atoms with van der Waals surface area (Å²) in [6, 6.07) is 6.60. The highest BCUT2D eigenvalue weighted by Gasteiger charge is 2.59. The van der Waals surface area contributed by atoms with Gasteiger partial charge in [-0.25, -0.2) is 9.11 Å². The lowest BCUT2D eigenvalue weighted by Gasteiger charge is -2.58. The average Bonchev–Trinajstić information content (AvgIpc) is 2.68. The molecule has 5 nitrogen and oxygen atoms in total. The predicted octanol–water partition coefficient (Wildman–Crippen LogP) is 3.69. The summed E-state index contributed by atoms with van der Waals surface area (Å²) in [6.45, 7) is 3.62. The van der Waals surface area contributed by atoms with Gasteiger partial charge in [0.2, 0.25) is 5.91 Å². The van der Waals surface area contributed by atoms with Crippen LogP contribution in [0.5, 0.6) is 0 Å². The van der Waals surface area contributed by atoms with Crippen molar-refractivity contribution in [3.05, 3.63) is 30.1 Å². The number of hydrogen-bond donors (Lipinski definition) is 2. The van der Waals surface area contributed by atoms with Gasteiger partial charge < -0.3 is 10.1 Å². The standard InChI is InChI=1S/C22H29FN2O3S/c1-21(2,25-29-17-7-5-4-6-16(17)23)19(26)24-18-14-8-13-9-15(18)12-22(10-13,11-14)20(27)28-3/h4-7,13-15,18,25H,8-12H2,1-3H3,(H,24,26). The van der Waals surface area contributed by atoms with Crippen molar-refractivity contribution in [2.24, 2.45) is 23.2 Å². The largest absolute Gasteiger partial charge is 0.469 e. The number of carbonyl (C=O) groups excluding carboxylic acids is 2. The first-order valence-corrected chi connectivity index (χ1v) is 11.1. The van der Waals surface area contributed by atoms with Crippen LogP contribution in [0.4, 0.5) is 4.39 Å². The summed E-state index contributed by atoms with van der Waals surface area (Å²) in [7, 11) is 1.47. The lowest BCUT2D eigenvalue weighted by molar-refractivity contribution is -0.171. The van der Waals surface area contributed by atoms with E-state index in [1.807, 2.05) is 13.8 Å². The molecule has 4 saturated carbocycles. The number of amides is 1. The molecule has 2 atom stereocenters. The zero-order chi connectivity index (χ0) is 20.8. The fourth-order valence-electron chi connectivity index (χ4n) is 5.81. The summed E-state index contributed by atoms with van der Waals surface area (Å²) in [4.78, 5) is 26.0. The molecule has 0 heterocycles. The Balaban J connectivity index is 1.41. The summed E-state index contributed by atoms with van der Waals surface area (Å²) in [5.74, 6) is 0.715. The van der Waals surface area contributed by atoms with Gasteiger partial charge in [-0.15, -0.1) is 0 Å². The van der Waals surface area contributed by atoms with Gasteiger partial charge in [0, 0.05) is 6.04 Å². The minimum atomic E-state index is -0.859. The molecule has 4 bridgehead atoms. The van der Waals surface area contributed by atoms with E-state index in [9.17, 15) is 14.0 Å². The molecule has 7 heteroatoms. The summed E-state index contributed by atoms with van der Waals surface area (Å²) >= 11 is 1.13. The number of carbonyl (C=O) groups is 2. The molecule has 1 aromatic rings. The second-order valence-electron chi connectivity index (χ2n) is 9.50. The number of nitrogens with one attached hydrogen (secondary N) is 2. The molecule has 158 valence electrons. The first-order valence-electron chi connectivity index (χ1n) is 10.3. The van der Waals surface area contributed by atoms with E-state index in [2.05, 4.69) is 10.0 Å². The fraction of sp³-hybridized carbons (Fsp3) is 0.636. The van der Waals surface area contributed by atoms with E-state index in [-0.39, 0.29) is 29.2 Å². The van der Waals surface area contributed by atoms with Gasteiger partial charge in [-0.05, 0) is 87.8 Å². The Morgan fingerprint density at radius 3 is 2.45 bits per heavy atom. The minimum Gasteiger partial charge on any atom is -0.469 e. The summed E-state index contributed by atoms with van der Waals surface area (Å²) < 4.78 is 22.1. The van der Waals surface area contributed by atoms with Crippen molar-refractivity contribution >= 4 is 23.8 Å². The van der Waals surface area contributed by atoms with Crippen molar-refractivity contribution < 1.29 is 18.7 Å². The topological polar surface area (TPSA) is 67.4 Å². The Kier molecular flexibility index (Phi) is 5.40. The molecular formula is C22H29FN2O3S. The van der Waals surface area contributed by atoms with Crippen LogP contribution in [0.25, 0.3) is 0 Å². The van der Waals surface area contributed by atoms with E-state index < -0.39 is 5.54 Å². The van der Waals surface area contributed by atoms with Crippen LogP contribution in [0.3, 0.4) is 0 Å². The van der Waals surface area contributed by atoms with E-state index in [1.165, 1.54) is 13.2 Å². The molecule has 0 spiro atoms. The monoisotopic (exact) mass is 420 g/mol. The number of methoxy groups -OCH3 is 1. The van der Waals surface area contributed by atoms with Crippen molar-refractivity contribution in [3.8, 4) is 0 Å². The Bertz CT molecular complexity index is 799. The average molecular weight is 421 g/mol. The molecule has 29 heavy (non-hydrogen) atoms. The third-order valence-corrected chi connectivity index (χ3v) is 8.17. The number of rotatable bonds is 6. The van der Waals surface area contributed by atoms with Gasteiger partial charge in [0.25, 0.3) is 0 Å². The molecule has 4 fully saturated rings. The number of halogens is 1. The third kappa shape index (κ3) is 3.79. The van der Waals surface area contributed by atoms with Crippen molar-refractivity contribution in [3.63, 3.8) is 0 Å². The fourth-order valence-corrected chi connectivity index (χ4v) is 6.58. The zero-order valence-electron chi connectivity index (χ0n) is 17.2. The van der Waals surface area contributed by atoms with Crippen LogP contribution in [-0.4, -0.2) is 30.6 Å². The zero-order valence-corrected chi connectivity index (χ0v) is 18.0. The first kappa shape index (κ1) is 20.7. The maximum atomic E-state index is 13.9. The van der Waals surface area contributed by atoms with E-state index in [4.69, 9.17) is 4.74 Å². The smallest absolute Gasteiger partial charge is 0.311 e. The van der Waals surface area contributed by atoms with E-state index in [1.54, 1.807) is 18.2 Å². The van der Waals surface area contributed by atoms with Crippen molar-refractivity contribution in [2.75, 3.05) is 7.11 Å². The van der Waals surface area contributed by atoms with Crippen LogP contribution in [-0.2, 0) is 14.3 Å². The number of ether oxygens (including phenoxy) is 1. The van der Waals surface area contributed by atoms with Gasteiger partial charge in [-0.1, -0.05) is 12.1 Å². The van der Waals surface area contributed by atoms with Gasteiger partial charge in [-0.3, -0.25) is 9.59 Å². The third-order valence-electron chi connectivity index (χ3n) is 7.01. The quantitative estimate of drug-likeness (QED) is 0.543. The maximum Gasteiger partial charge on any atom is 0.311 e. The number of hydrogen-bond acceptors (Lipinski definition) is 5. The normalized spacial score (nSPS) is 32.8. The lowest BCUT2D eigenvalue weighted by atomic mass is 9.48. The SMILES string of the molecule is COC(=O)C12CC3CC(C1)C(NC(=O)C(C)(C)NSc1ccccc1F)C(C3)C2. The minimum absolute atomic E-state index is 0.0787. The molecule has 1 aromatic carbocycles. The summed E-state index contributed by atoms with van der Waals surface area (Å²) in [5, 5.41) is 3.27. The molecule has 4 aliphatic carbocycles. The molecule has 1 amide bonds. The van der Waals surface area contributed by atoms with E-state index in [0.717, 1.165) is 44.1 Å². The lowest BCUT2D eigenvalue weighted by Crippen LogP contribution is -2.63. The van der Waals surface area contributed by atoms with Gasteiger partial charge >= 0.3 is 5.97 Å². The van der Waals surface area contributed by atoms with Gasteiger partial charge in [0.1, 0.15) is 11.4 Å². The predicted molar refractivity (Wildman–Crippen MR) is 109 cm³/mol. The van der Waals surface area contributed by atoms with Crippen LogP contribution < -0.4 is 10.0 Å². The molecule has 0 saturated heterocycles. The second kappa shape index (κ2) is 7.58. The van der Waals surface area contributed by atoms with Gasteiger partial charge in [0.15, 0.2) is 0 Å². The van der Waals surface area contributed by atoms with Crippen molar-refractivity contribution in [1.29, 1.82) is 0 Å². The molecule has 0 aliphatic heterocycles. The molecule has 0 aromatic heterocycles. The number of esters is 1. The molecule has 2 unspecified atom stereocenters. The van der Waals surface area contributed by atoms with Crippen LogP contribution in [0.1, 0.15) is 46.0 Å². The van der Waals surface area contributed by atoms with E-state index in [0.29, 0.717) is 22.6 Å². The van der Waals surface area contributed by atoms with E-state index >= 15 is 0 Å². The highest BCUT2D eigenvalue weighted by Crippen LogP contribution is 2.60. The van der Waals surface area contributed by atoms with Crippen LogP contribution >= 0.6 is 11.9 Å². The molecule has 0 radical (unpaired) electrons. The Labute approximate surface area is 175 Å². The highest BCUT2D eigenvalue weighted by molar-refractivity contribution is 7.97. The highest BCUT2D eigenvalue weighted by atomic mass is 32.2. The number of benzene rings is 1. The molecular weight excluding hydrogens is 391 g/mol. The van der Waals surface area contributed by atoms with Crippen molar-refractivity contribution in [1.82, 2.24) is 10.0 Å². The Morgan fingerprint density at radius 1 is 1.17 bits per heavy atom. The van der Waals surface area contributed by atoms with Gasteiger partial charge in [0.05, 0.1) is 17.4 Å². The van der Waals surface area contributed by atoms with Crippen LogP contribution in [0.15, 0.2) is 29.2 Å². The Morgan fingerprint density at radius 2 is 1.83 bits per heavy atom. The summed E-state index contributed by atoms with van der Waals surface area (Å²) in [6.07, 6.45) is 4.67. The van der Waals surface area contributed by atoms with Gasteiger partial charge in [-0.2, -0.15) is 0 Å². The van der Waals surface area contributed by atoms with Crippen molar-refractivity contribution in [2.45, 2.75) is 62.4 Å². The molecule has 5 rings (SSSR count). The maximum absolute atomic E-state index is 13.9. The molecule has 2 N–H and O–H groups in total. The second-order valence-corrected chi connectivity index (χ2v) is 10.3. The first-order chi connectivity index (χ1) is 13.7. The Hall–Kier alpha value is -1.60. The van der Waals surface area contributed by atoms with Crippen LogP contribution in [0, 0.1) is 29.0 Å². The molecule has 4 aliphatic rings. The van der Waals surface area contributed by atoms with Crippen LogP contribution in [0.2, 0.25) is 0 Å². The summed E-state index contributed by atoms with van der Waals surface area (Å²) in [5.41, 5.74) is -1.21.